The Balaban J connectivity index is 3.09. The van der Waals surface area contributed by atoms with Gasteiger partial charge >= 0.3 is 6.98 Å². The molecule has 0 unspecified atom stereocenters. The van der Waals surface area contributed by atoms with Crippen LogP contribution in [0.5, 0.6) is 0 Å². The average molecular weight is 514 g/mol. The molecule has 2 aromatic carbocycles. The molecule has 0 aliphatic heterocycles. The Morgan fingerprint density at radius 2 is 0.919 bits per heavy atom. The highest BCUT2D eigenvalue weighted by Crippen LogP contribution is 2.39. The van der Waals surface area contributed by atoms with Crippen molar-refractivity contribution in [3.63, 3.8) is 0 Å². The van der Waals surface area contributed by atoms with Crippen LogP contribution in [0.2, 0.25) is 0 Å². The normalized spacial score (nSPS) is 14.3. The summed E-state index contributed by atoms with van der Waals surface area (Å²) < 4.78 is 42.8. The number of hydrogen-bond acceptors (Lipinski definition) is 2. The molecule has 2 aromatic rings. The van der Waals surface area contributed by atoms with Gasteiger partial charge in [-0.15, -0.1) is 0 Å². The van der Waals surface area contributed by atoms with Crippen molar-refractivity contribution in [1.82, 2.24) is 0 Å². The first kappa shape index (κ1) is 30.9. The van der Waals surface area contributed by atoms with Crippen molar-refractivity contribution in [1.29, 1.82) is 0 Å². The second kappa shape index (κ2) is 11.2. The summed E-state index contributed by atoms with van der Waals surface area (Å²) >= 11 is 0. The summed E-state index contributed by atoms with van der Waals surface area (Å²) in [4.78, 5) is 10.2. The van der Waals surface area contributed by atoms with Gasteiger partial charge < -0.3 is 12.9 Å². The minimum atomic E-state index is -5.24. The fourth-order valence-corrected chi connectivity index (χ4v) is 4.46. The first-order valence-electron chi connectivity index (χ1n) is 13.4. The maximum Gasteiger partial charge on any atom is 0.511 e. The zero-order valence-electron chi connectivity index (χ0n) is 24.8. The SMILES string of the molecule is CC(C)c1cccc(C(C)C)c1N=C(C(=Nc1c(C(C)C)cccc1[B-](F)(F)F)C(C)(C)C)C(C)(C)C. The number of para-hydroxylation sites is 2. The van der Waals surface area contributed by atoms with Gasteiger partial charge in [-0.05, 0) is 34.4 Å². The van der Waals surface area contributed by atoms with Gasteiger partial charge in [-0.25, -0.2) is 0 Å². The van der Waals surface area contributed by atoms with Crippen molar-refractivity contribution >= 4 is 35.2 Å². The van der Waals surface area contributed by atoms with Gasteiger partial charge in [-0.1, -0.05) is 125 Å². The predicted molar refractivity (Wildman–Crippen MR) is 157 cm³/mol. The molecule has 0 heterocycles. The molecule has 0 N–H and O–H groups in total. The molecule has 0 atom stereocenters. The molecule has 0 aliphatic carbocycles. The third kappa shape index (κ3) is 7.36. The number of aliphatic imine (C=N–C) groups is 2. The second-order valence-corrected chi connectivity index (χ2v) is 13.0. The number of nitrogens with zero attached hydrogens (tertiary/aromatic N) is 2. The number of hydrogen-bond donors (Lipinski definition) is 0. The van der Waals surface area contributed by atoms with Crippen molar-refractivity contribution in [3.8, 4) is 0 Å². The predicted octanol–water partition coefficient (Wildman–Crippen LogP) is 10.0. The fraction of sp³-hybridized carbons (Fsp3) is 0.548. The summed E-state index contributed by atoms with van der Waals surface area (Å²) in [7, 11) is 0. The highest BCUT2D eigenvalue weighted by Gasteiger charge is 2.35. The summed E-state index contributed by atoms with van der Waals surface area (Å²) in [6.45, 7) is 19.3. The van der Waals surface area contributed by atoms with Crippen molar-refractivity contribution in [2.45, 2.75) is 101 Å². The van der Waals surface area contributed by atoms with Gasteiger partial charge in [0.15, 0.2) is 0 Å². The molecule has 2 nitrogen and oxygen atoms in total. The summed E-state index contributed by atoms with van der Waals surface area (Å²) in [5, 5.41) is 0. The summed E-state index contributed by atoms with van der Waals surface area (Å²) in [6, 6.07) is 10.7. The van der Waals surface area contributed by atoms with Crippen molar-refractivity contribution in [3.05, 3.63) is 53.1 Å². The molecule has 0 aromatic heterocycles. The van der Waals surface area contributed by atoms with Crippen molar-refractivity contribution < 1.29 is 12.9 Å². The van der Waals surface area contributed by atoms with E-state index >= 15 is 0 Å². The van der Waals surface area contributed by atoms with Crippen LogP contribution in [-0.2, 0) is 0 Å². The molecule has 2 rings (SSSR count). The smallest absolute Gasteiger partial charge is 0.445 e. The van der Waals surface area contributed by atoms with E-state index in [1.165, 1.54) is 6.07 Å². The van der Waals surface area contributed by atoms with Gasteiger partial charge in [-0.3, -0.25) is 9.98 Å². The zero-order valence-corrected chi connectivity index (χ0v) is 24.8. The van der Waals surface area contributed by atoms with Crippen molar-refractivity contribution in [2.24, 2.45) is 20.8 Å². The Morgan fingerprint density at radius 1 is 0.595 bits per heavy atom. The molecule has 0 saturated carbocycles. The van der Waals surface area contributed by atoms with Gasteiger partial charge in [0, 0.05) is 16.5 Å². The third-order valence-corrected chi connectivity index (χ3v) is 6.51. The lowest BCUT2D eigenvalue weighted by molar-refractivity contribution is 0.501. The molecule has 37 heavy (non-hydrogen) atoms. The lowest BCUT2D eigenvalue weighted by Crippen LogP contribution is -2.39. The van der Waals surface area contributed by atoms with E-state index in [2.05, 4.69) is 66.7 Å². The maximum absolute atomic E-state index is 14.3. The van der Waals surface area contributed by atoms with Gasteiger partial charge in [-0.2, -0.15) is 0 Å². The summed E-state index contributed by atoms with van der Waals surface area (Å²) in [6.07, 6.45) is 0. The Morgan fingerprint density at radius 3 is 1.24 bits per heavy atom. The van der Waals surface area contributed by atoms with Gasteiger partial charge in [0.1, 0.15) is 0 Å². The van der Waals surface area contributed by atoms with E-state index in [4.69, 9.17) is 9.98 Å². The monoisotopic (exact) mass is 513 g/mol. The lowest BCUT2D eigenvalue weighted by Gasteiger charge is -2.32. The van der Waals surface area contributed by atoms with E-state index in [-0.39, 0.29) is 23.4 Å². The van der Waals surface area contributed by atoms with Crippen LogP contribution in [-0.4, -0.2) is 18.4 Å². The third-order valence-electron chi connectivity index (χ3n) is 6.51. The Bertz CT molecular complexity index is 1130. The molecule has 6 heteroatoms. The Hall–Kier alpha value is -2.37. The van der Waals surface area contributed by atoms with Crippen LogP contribution >= 0.6 is 0 Å². The lowest BCUT2D eigenvalue weighted by atomic mass is 9.75. The molecular weight excluding hydrogens is 468 g/mol. The minimum absolute atomic E-state index is 0.0214. The molecule has 0 radical (unpaired) electrons. The van der Waals surface area contributed by atoms with Gasteiger partial charge in [0.2, 0.25) is 0 Å². The van der Waals surface area contributed by atoms with E-state index in [1.54, 1.807) is 6.07 Å². The minimum Gasteiger partial charge on any atom is -0.445 e. The fourth-order valence-electron chi connectivity index (χ4n) is 4.46. The average Bonchev–Trinajstić information content (AvgIpc) is 2.73. The molecule has 0 amide bonds. The zero-order chi connectivity index (χ0) is 28.5. The van der Waals surface area contributed by atoms with Crippen LogP contribution in [0.15, 0.2) is 46.4 Å². The van der Waals surface area contributed by atoms with Crippen LogP contribution in [0.3, 0.4) is 0 Å². The summed E-state index contributed by atoms with van der Waals surface area (Å²) in [5.74, 6) is 0.382. The van der Waals surface area contributed by atoms with E-state index in [0.29, 0.717) is 17.0 Å². The maximum atomic E-state index is 14.3. The van der Waals surface area contributed by atoms with Crippen LogP contribution < -0.4 is 5.46 Å². The van der Waals surface area contributed by atoms with Crippen LogP contribution in [0.1, 0.15) is 118 Å². The molecule has 0 aliphatic rings. The molecular formula is C31H45BF3N2-. The highest BCUT2D eigenvalue weighted by atomic mass is 19.4. The van der Waals surface area contributed by atoms with E-state index in [9.17, 15) is 12.9 Å². The van der Waals surface area contributed by atoms with Gasteiger partial charge in [0.05, 0.1) is 17.1 Å². The highest BCUT2D eigenvalue weighted by molar-refractivity contribution is 6.75. The first-order chi connectivity index (χ1) is 16.8. The topological polar surface area (TPSA) is 24.7 Å². The molecule has 0 spiro atoms. The molecule has 0 bridgehead atoms. The van der Waals surface area contributed by atoms with E-state index in [0.717, 1.165) is 22.9 Å². The molecule has 0 fully saturated rings. The van der Waals surface area contributed by atoms with Crippen molar-refractivity contribution in [2.75, 3.05) is 0 Å². The Kier molecular flexibility index (Phi) is 9.31. The molecule has 0 saturated heterocycles. The second-order valence-electron chi connectivity index (χ2n) is 13.0. The standard InChI is InChI=1S/C31H45BF3N2/c1-19(2)22-15-13-16-23(20(3)4)26(22)36-28(30(7,8)9)29(31(10,11)12)37-27-24(21(5)6)17-14-18-25(27)32(33,34)35/h13-21H,1-12H3/q-1. The van der Waals surface area contributed by atoms with Crippen LogP contribution in [0.4, 0.5) is 24.3 Å². The van der Waals surface area contributed by atoms with E-state index in [1.807, 2.05) is 34.6 Å². The number of rotatable bonds is 7. The number of benzene rings is 2. The molecule has 204 valence electrons. The van der Waals surface area contributed by atoms with Crippen LogP contribution in [0.25, 0.3) is 0 Å². The largest absolute Gasteiger partial charge is 0.511 e. The number of halogens is 3. The Labute approximate surface area is 223 Å². The van der Waals surface area contributed by atoms with Crippen LogP contribution in [0, 0.1) is 10.8 Å². The van der Waals surface area contributed by atoms with Gasteiger partial charge in [0.25, 0.3) is 0 Å². The van der Waals surface area contributed by atoms with E-state index < -0.39 is 23.3 Å². The first-order valence-corrected chi connectivity index (χ1v) is 13.4. The summed E-state index contributed by atoms with van der Waals surface area (Å²) in [5.41, 5.74) is 3.43. The quantitative estimate of drug-likeness (QED) is 0.260.